The first-order valence-electron chi connectivity index (χ1n) is 7.71. The third-order valence-corrected chi connectivity index (χ3v) is 4.85. The van der Waals surface area contributed by atoms with Crippen LogP contribution in [0.3, 0.4) is 0 Å². The Morgan fingerprint density at radius 1 is 1.25 bits per heavy atom. The number of thiazole rings is 1. The summed E-state index contributed by atoms with van der Waals surface area (Å²) < 4.78 is 5.39. The molecule has 0 bridgehead atoms. The number of hydrogen-bond donors (Lipinski definition) is 1. The van der Waals surface area contributed by atoms with Crippen molar-refractivity contribution in [1.29, 1.82) is 0 Å². The van der Waals surface area contributed by atoms with Gasteiger partial charge in [0, 0.05) is 25.8 Å². The van der Waals surface area contributed by atoms with Crippen molar-refractivity contribution < 1.29 is 4.74 Å². The molecule has 1 saturated heterocycles. The topological polar surface area (TPSA) is 63.2 Å². The first-order valence-corrected chi connectivity index (χ1v) is 8.91. The van der Waals surface area contributed by atoms with Crippen LogP contribution in [0.4, 0.5) is 10.9 Å². The van der Waals surface area contributed by atoms with Crippen molar-refractivity contribution in [1.82, 2.24) is 19.9 Å². The van der Waals surface area contributed by atoms with Gasteiger partial charge in [-0.1, -0.05) is 22.9 Å². The fourth-order valence-electron chi connectivity index (χ4n) is 2.66. The third kappa shape index (κ3) is 3.64. The number of morpholine rings is 1. The quantitative estimate of drug-likeness (QED) is 0.719. The Balaban J connectivity index is 1.53. The van der Waals surface area contributed by atoms with Gasteiger partial charge in [0.05, 0.1) is 13.2 Å². The van der Waals surface area contributed by atoms with Gasteiger partial charge in [-0.05, 0) is 29.8 Å². The number of rotatable bonds is 4. The van der Waals surface area contributed by atoms with Crippen LogP contribution in [-0.2, 0) is 11.3 Å². The lowest BCUT2D eigenvalue weighted by Crippen LogP contribution is -2.35. The van der Waals surface area contributed by atoms with Crippen LogP contribution in [0, 0.1) is 0 Å². The molecule has 1 aliphatic rings. The molecule has 0 amide bonds. The van der Waals surface area contributed by atoms with E-state index in [4.69, 9.17) is 16.3 Å². The van der Waals surface area contributed by atoms with Crippen LogP contribution in [0.1, 0.15) is 5.56 Å². The van der Waals surface area contributed by atoms with Crippen LogP contribution in [0.5, 0.6) is 0 Å². The highest BCUT2D eigenvalue weighted by atomic mass is 35.5. The Labute approximate surface area is 148 Å². The lowest BCUT2D eigenvalue weighted by Gasteiger charge is -2.26. The van der Waals surface area contributed by atoms with Crippen LogP contribution in [0.2, 0.25) is 5.15 Å². The maximum absolute atomic E-state index is 6.19. The first kappa shape index (κ1) is 15.7. The second-order valence-electron chi connectivity index (χ2n) is 5.54. The van der Waals surface area contributed by atoms with Crippen molar-refractivity contribution >= 4 is 44.2 Å². The van der Waals surface area contributed by atoms with Crippen LogP contribution < -0.4 is 5.32 Å². The normalized spacial score (nSPS) is 15.7. The lowest BCUT2D eigenvalue weighted by molar-refractivity contribution is 0.0342. The average Bonchev–Trinajstić information content (AvgIpc) is 2.97. The summed E-state index contributed by atoms with van der Waals surface area (Å²) in [7, 11) is 0. The van der Waals surface area contributed by atoms with E-state index in [0.29, 0.717) is 11.0 Å². The Bertz CT molecular complexity index is 816. The summed E-state index contributed by atoms with van der Waals surface area (Å²) in [6.45, 7) is 4.27. The van der Waals surface area contributed by atoms with E-state index in [1.807, 2.05) is 24.3 Å². The monoisotopic (exact) mass is 361 g/mol. The first-order chi connectivity index (χ1) is 11.8. The number of nitrogens with one attached hydrogen (secondary N) is 1. The van der Waals surface area contributed by atoms with Gasteiger partial charge in [0.25, 0.3) is 0 Å². The van der Waals surface area contributed by atoms with Gasteiger partial charge < -0.3 is 10.1 Å². The van der Waals surface area contributed by atoms with Crippen molar-refractivity contribution in [2.75, 3.05) is 31.6 Å². The molecule has 4 heterocycles. The van der Waals surface area contributed by atoms with E-state index in [2.05, 4.69) is 25.2 Å². The van der Waals surface area contributed by atoms with Gasteiger partial charge in [0.1, 0.15) is 21.3 Å². The van der Waals surface area contributed by atoms with Crippen LogP contribution in [-0.4, -0.2) is 46.2 Å². The Morgan fingerprint density at radius 2 is 2.12 bits per heavy atom. The summed E-state index contributed by atoms with van der Waals surface area (Å²) in [5.41, 5.74) is 2.00. The van der Waals surface area contributed by atoms with Gasteiger partial charge in [0.15, 0.2) is 5.13 Å². The predicted molar refractivity (Wildman–Crippen MR) is 96.0 cm³/mol. The van der Waals surface area contributed by atoms with Gasteiger partial charge in [-0.15, -0.1) is 0 Å². The zero-order chi connectivity index (χ0) is 16.4. The number of ether oxygens (including phenoxy) is 1. The molecule has 0 unspecified atom stereocenters. The summed E-state index contributed by atoms with van der Waals surface area (Å²) in [4.78, 5) is 16.4. The number of halogens is 1. The zero-order valence-corrected chi connectivity index (χ0v) is 14.5. The lowest BCUT2D eigenvalue weighted by atomic mass is 10.2. The highest BCUT2D eigenvalue weighted by Crippen LogP contribution is 2.27. The molecule has 0 saturated carbocycles. The molecular formula is C16H16ClN5OS. The van der Waals surface area contributed by atoms with E-state index in [-0.39, 0.29) is 0 Å². The standard InChI is InChI=1S/C16H16ClN5OS/c17-13-8-11(10-22-4-6-23-7-5-22)9-14(20-13)21-16-19-12-2-1-3-18-15(12)24-16/h1-3,8-9H,4-7,10H2,(H,19,20,21). The van der Waals surface area contributed by atoms with Crippen molar-refractivity contribution in [3.63, 3.8) is 0 Å². The van der Waals surface area contributed by atoms with E-state index < -0.39 is 0 Å². The number of nitrogens with zero attached hydrogens (tertiary/aromatic N) is 4. The minimum absolute atomic E-state index is 0.475. The summed E-state index contributed by atoms with van der Waals surface area (Å²) in [6.07, 6.45) is 1.77. The minimum atomic E-state index is 0.475. The molecular weight excluding hydrogens is 346 g/mol. The highest BCUT2D eigenvalue weighted by Gasteiger charge is 2.12. The van der Waals surface area contributed by atoms with Crippen LogP contribution in [0.15, 0.2) is 30.5 Å². The summed E-state index contributed by atoms with van der Waals surface area (Å²) in [6, 6.07) is 7.74. The molecule has 0 aliphatic carbocycles. The van der Waals surface area contributed by atoms with Crippen molar-refractivity contribution in [2.24, 2.45) is 0 Å². The zero-order valence-electron chi connectivity index (χ0n) is 12.9. The number of anilines is 2. The predicted octanol–water partition coefficient (Wildman–Crippen LogP) is 3.32. The highest BCUT2D eigenvalue weighted by molar-refractivity contribution is 7.21. The van der Waals surface area contributed by atoms with E-state index in [1.54, 1.807) is 6.20 Å². The van der Waals surface area contributed by atoms with E-state index in [9.17, 15) is 0 Å². The Kier molecular flexibility index (Phi) is 4.57. The molecule has 0 spiro atoms. The van der Waals surface area contributed by atoms with Gasteiger partial charge in [-0.3, -0.25) is 4.90 Å². The minimum Gasteiger partial charge on any atom is -0.379 e. The summed E-state index contributed by atoms with van der Waals surface area (Å²) in [5.74, 6) is 0.699. The largest absolute Gasteiger partial charge is 0.379 e. The van der Waals surface area contributed by atoms with E-state index in [1.165, 1.54) is 11.3 Å². The number of pyridine rings is 2. The molecule has 3 aromatic heterocycles. The molecule has 4 rings (SSSR count). The van der Waals surface area contributed by atoms with Crippen molar-refractivity contribution in [2.45, 2.75) is 6.54 Å². The average molecular weight is 362 g/mol. The molecule has 124 valence electrons. The molecule has 6 nitrogen and oxygen atoms in total. The maximum Gasteiger partial charge on any atom is 0.190 e. The molecule has 0 aromatic carbocycles. The fourth-order valence-corrected chi connectivity index (χ4v) is 3.70. The molecule has 1 aliphatic heterocycles. The molecule has 0 atom stereocenters. The SMILES string of the molecule is Clc1cc(CN2CCOCC2)cc(Nc2nc3cccnc3s2)n1. The van der Waals surface area contributed by atoms with Crippen LogP contribution in [0.25, 0.3) is 10.3 Å². The number of aromatic nitrogens is 3. The smallest absolute Gasteiger partial charge is 0.190 e. The maximum atomic E-state index is 6.19. The summed E-state index contributed by atoms with van der Waals surface area (Å²) in [5, 5.41) is 4.47. The third-order valence-electron chi connectivity index (χ3n) is 3.77. The van der Waals surface area contributed by atoms with Crippen molar-refractivity contribution in [3.05, 3.63) is 41.2 Å². The van der Waals surface area contributed by atoms with E-state index in [0.717, 1.165) is 53.9 Å². The van der Waals surface area contributed by atoms with E-state index >= 15 is 0 Å². The number of hydrogen-bond acceptors (Lipinski definition) is 7. The summed E-state index contributed by atoms with van der Waals surface area (Å²) >= 11 is 7.69. The molecule has 8 heteroatoms. The van der Waals surface area contributed by atoms with Gasteiger partial charge >= 0.3 is 0 Å². The van der Waals surface area contributed by atoms with Gasteiger partial charge in [-0.25, -0.2) is 15.0 Å². The Morgan fingerprint density at radius 3 is 2.96 bits per heavy atom. The second-order valence-corrected chi connectivity index (χ2v) is 6.91. The van der Waals surface area contributed by atoms with Gasteiger partial charge in [-0.2, -0.15) is 0 Å². The molecule has 3 aromatic rings. The Hall–Kier alpha value is -1.80. The fraction of sp³-hybridized carbons (Fsp3) is 0.312. The van der Waals surface area contributed by atoms with Crippen LogP contribution >= 0.6 is 22.9 Å². The van der Waals surface area contributed by atoms with Gasteiger partial charge in [0.2, 0.25) is 0 Å². The molecule has 0 radical (unpaired) electrons. The molecule has 1 N–H and O–H groups in total. The van der Waals surface area contributed by atoms with Crippen molar-refractivity contribution in [3.8, 4) is 0 Å². The molecule has 24 heavy (non-hydrogen) atoms. The number of fused-ring (bicyclic) bond motifs is 1. The second kappa shape index (κ2) is 6.98. The molecule has 1 fully saturated rings.